The smallest absolute Gasteiger partial charge is 0.270 e. The largest absolute Gasteiger partial charge is 0.447 e. The molecule has 1 aromatic heterocycles. The number of hydrogen-bond acceptors (Lipinski definition) is 5. The summed E-state index contributed by atoms with van der Waals surface area (Å²) in [7, 11) is -3.66. The van der Waals surface area contributed by atoms with Gasteiger partial charge in [0.2, 0.25) is 15.9 Å². The molecule has 1 aliphatic rings. The van der Waals surface area contributed by atoms with Crippen molar-refractivity contribution in [3.05, 3.63) is 47.2 Å². The predicted molar refractivity (Wildman–Crippen MR) is 77.5 cm³/mol. The SMILES string of the molecule is NC(=O)c1coc(CNS(=O)(=O)c2ccc3c(c2)CCC3)n1. The molecule has 1 heterocycles. The first-order valence-corrected chi connectivity index (χ1v) is 8.30. The number of primary amides is 1. The Morgan fingerprint density at radius 3 is 2.82 bits per heavy atom. The van der Waals surface area contributed by atoms with E-state index in [1.807, 2.05) is 6.07 Å². The number of nitrogens with two attached hydrogens (primary N) is 1. The summed E-state index contributed by atoms with van der Waals surface area (Å²) in [5.41, 5.74) is 7.30. The van der Waals surface area contributed by atoms with Gasteiger partial charge in [-0.1, -0.05) is 6.07 Å². The maximum Gasteiger partial charge on any atom is 0.270 e. The minimum atomic E-state index is -3.66. The van der Waals surface area contributed by atoms with E-state index in [2.05, 4.69) is 9.71 Å². The Labute approximate surface area is 127 Å². The third-order valence-corrected chi connectivity index (χ3v) is 5.00. The van der Waals surface area contributed by atoms with Crippen molar-refractivity contribution in [3.8, 4) is 0 Å². The van der Waals surface area contributed by atoms with Gasteiger partial charge in [0, 0.05) is 0 Å². The number of benzene rings is 1. The molecule has 1 amide bonds. The second kappa shape index (κ2) is 5.54. The average molecular weight is 321 g/mol. The Morgan fingerprint density at radius 1 is 1.32 bits per heavy atom. The number of carbonyl (C=O) groups excluding carboxylic acids is 1. The topological polar surface area (TPSA) is 115 Å². The number of aromatic nitrogens is 1. The van der Waals surface area contributed by atoms with Crippen LogP contribution in [0.15, 0.2) is 33.8 Å². The van der Waals surface area contributed by atoms with Crippen LogP contribution in [0, 0.1) is 0 Å². The summed E-state index contributed by atoms with van der Waals surface area (Å²) in [5, 5.41) is 0. The molecule has 22 heavy (non-hydrogen) atoms. The fraction of sp³-hybridized carbons (Fsp3) is 0.286. The number of sulfonamides is 1. The summed E-state index contributed by atoms with van der Waals surface area (Å²) >= 11 is 0. The number of aryl methyl sites for hydroxylation is 2. The Balaban J connectivity index is 1.74. The Morgan fingerprint density at radius 2 is 2.09 bits per heavy atom. The summed E-state index contributed by atoms with van der Waals surface area (Å²) in [6.07, 6.45) is 4.05. The summed E-state index contributed by atoms with van der Waals surface area (Å²) in [4.78, 5) is 14.9. The van der Waals surface area contributed by atoms with Gasteiger partial charge < -0.3 is 10.2 Å². The lowest BCUT2D eigenvalue weighted by molar-refractivity contribution is 0.0995. The van der Waals surface area contributed by atoms with Crippen molar-refractivity contribution in [2.45, 2.75) is 30.7 Å². The van der Waals surface area contributed by atoms with E-state index in [1.54, 1.807) is 12.1 Å². The first-order chi connectivity index (χ1) is 10.5. The summed E-state index contributed by atoms with van der Waals surface area (Å²) in [6, 6.07) is 5.15. The van der Waals surface area contributed by atoms with Crippen molar-refractivity contribution in [1.82, 2.24) is 9.71 Å². The minimum Gasteiger partial charge on any atom is -0.447 e. The lowest BCUT2D eigenvalue weighted by Gasteiger charge is -2.07. The Hall–Kier alpha value is -2.19. The molecule has 0 atom stereocenters. The molecular formula is C14H15N3O4S. The van der Waals surface area contributed by atoms with Crippen molar-refractivity contribution in [1.29, 1.82) is 0 Å². The van der Waals surface area contributed by atoms with E-state index in [0.29, 0.717) is 0 Å². The third-order valence-electron chi connectivity index (χ3n) is 3.60. The van der Waals surface area contributed by atoms with E-state index in [-0.39, 0.29) is 23.0 Å². The van der Waals surface area contributed by atoms with Gasteiger partial charge in [-0.15, -0.1) is 0 Å². The fourth-order valence-electron chi connectivity index (χ4n) is 2.46. The number of oxazole rings is 1. The van der Waals surface area contributed by atoms with Gasteiger partial charge in [-0.25, -0.2) is 18.1 Å². The molecule has 7 nitrogen and oxygen atoms in total. The summed E-state index contributed by atoms with van der Waals surface area (Å²) in [6.45, 7) is -0.146. The average Bonchev–Trinajstić information content (AvgIpc) is 3.13. The Kier molecular flexibility index (Phi) is 3.71. The second-order valence-corrected chi connectivity index (χ2v) is 6.87. The standard InChI is InChI=1S/C14H15N3O4S/c15-14(18)12-8-21-13(17-12)7-16-22(19,20)11-5-4-9-2-1-3-10(9)6-11/h4-6,8,16H,1-3,7H2,(H2,15,18). The quantitative estimate of drug-likeness (QED) is 0.842. The molecule has 8 heteroatoms. The number of amides is 1. The highest BCUT2D eigenvalue weighted by Gasteiger charge is 2.19. The summed E-state index contributed by atoms with van der Waals surface area (Å²) in [5.74, 6) is -0.644. The molecule has 1 aromatic carbocycles. The first kappa shape index (κ1) is 14.7. The van der Waals surface area contributed by atoms with Gasteiger partial charge in [0.1, 0.15) is 6.26 Å². The van der Waals surface area contributed by atoms with E-state index in [4.69, 9.17) is 10.2 Å². The normalized spacial score (nSPS) is 14.0. The van der Waals surface area contributed by atoms with Crippen molar-refractivity contribution < 1.29 is 17.6 Å². The molecule has 3 N–H and O–H groups in total. The molecule has 1 aliphatic carbocycles. The van der Waals surface area contributed by atoms with Gasteiger partial charge in [-0.3, -0.25) is 4.79 Å². The van der Waals surface area contributed by atoms with Crippen LogP contribution in [-0.4, -0.2) is 19.3 Å². The molecule has 0 aliphatic heterocycles. The molecule has 0 radical (unpaired) electrons. The molecule has 2 aromatic rings. The van der Waals surface area contributed by atoms with Crippen LogP contribution in [0.4, 0.5) is 0 Å². The van der Waals surface area contributed by atoms with Crippen LogP contribution < -0.4 is 10.5 Å². The van der Waals surface area contributed by atoms with Crippen molar-refractivity contribution in [2.24, 2.45) is 5.73 Å². The van der Waals surface area contributed by atoms with Crippen LogP contribution in [0.3, 0.4) is 0 Å². The van der Waals surface area contributed by atoms with Crippen molar-refractivity contribution >= 4 is 15.9 Å². The first-order valence-electron chi connectivity index (χ1n) is 6.81. The van der Waals surface area contributed by atoms with E-state index in [0.717, 1.165) is 31.1 Å². The van der Waals surface area contributed by atoms with Crippen LogP contribution in [0.25, 0.3) is 0 Å². The molecule has 3 rings (SSSR count). The third kappa shape index (κ3) is 2.88. The second-order valence-electron chi connectivity index (χ2n) is 5.10. The van der Waals surface area contributed by atoms with Crippen LogP contribution in [0.2, 0.25) is 0 Å². The zero-order chi connectivity index (χ0) is 15.7. The maximum absolute atomic E-state index is 12.3. The zero-order valence-corrected chi connectivity index (χ0v) is 12.5. The van der Waals surface area contributed by atoms with Gasteiger partial charge in [0.05, 0.1) is 11.4 Å². The molecule has 0 saturated heterocycles. The lowest BCUT2D eigenvalue weighted by Crippen LogP contribution is -2.23. The highest BCUT2D eigenvalue weighted by Crippen LogP contribution is 2.24. The maximum atomic E-state index is 12.3. The lowest BCUT2D eigenvalue weighted by atomic mass is 10.1. The van der Waals surface area contributed by atoms with E-state index in [9.17, 15) is 13.2 Å². The molecule has 0 bridgehead atoms. The van der Waals surface area contributed by atoms with Gasteiger partial charge >= 0.3 is 0 Å². The number of rotatable bonds is 5. The van der Waals surface area contributed by atoms with Crippen LogP contribution >= 0.6 is 0 Å². The van der Waals surface area contributed by atoms with E-state index < -0.39 is 15.9 Å². The molecule has 0 unspecified atom stereocenters. The molecule has 0 fully saturated rings. The molecule has 0 spiro atoms. The highest BCUT2D eigenvalue weighted by molar-refractivity contribution is 7.89. The number of carbonyl (C=O) groups is 1. The Bertz CT molecular complexity index is 826. The van der Waals surface area contributed by atoms with Gasteiger partial charge in [0.25, 0.3) is 5.91 Å². The van der Waals surface area contributed by atoms with Gasteiger partial charge in [-0.2, -0.15) is 0 Å². The van der Waals surface area contributed by atoms with E-state index >= 15 is 0 Å². The molecule has 0 saturated carbocycles. The fourth-order valence-corrected chi connectivity index (χ4v) is 3.49. The molecular weight excluding hydrogens is 306 g/mol. The van der Waals surface area contributed by atoms with Crippen LogP contribution in [0.1, 0.15) is 33.9 Å². The van der Waals surface area contributed by atoms with Crippen molar-refractivity contribution in [2.75, 3.05) is 0 Å². The van der Waals surface area contributed by atoms with Gasteiger partial charge in [0.15, 0.2) is 5.69 Å². The zero-order valence-electron chi connectivity index (χ0n) is 11.7. The number of nitrogens with zero attached hydrogens (tertiary/aromatic N) is 1. The number of hydrogen-bond donors (Lipinski definition) is 2. The minimum absolute atomic E-state index is 0.0354. The highest BCUT2D eigenvalue weighted by atomic mass is 32.2. The predicted octanol–water partition coefficient (Wildman–Crippen LogP) is 0.741. The van der Waals surface area contributed by atoms with Crippen LogP contribution in [-0.2, 0) is 29.4 Å². The van der Waals surface area contributed by atoms with Crippen molar-refractivity contribution in [3.63, 3.8) is 0 Å². The summed E-state index contributed by atoms with van der Waals surface area (Å²) < 4.78 is 31.9. The van der Waals surface area contributed by atoms with Gasteiger partial charge in [-0.05, 0) is 42.5 Å². The number of nitrogens with one attached hydrogen (secondary N) is 1. The monoisotopic (exact) mass is 321 g/mol. The molecule has 116 valence electrons. The van der Waals surface area contributed by atoms with E-state index in [1.165, 1.54) is 5.56 Å². The van der Waals surface area contributed by atoms with Crippen LogP contribution in [0.5, 0.6) is 0 Å². The number of fused-ring (bicyclic) bond motifs is 1.